The highest BCUT2D eigenvalue weighted by atomic mass is 127. The Morgan fingerprint density at radius 2 is 2.30 bits per heavy atom. The van der Waals surface area contributed by atoms with Gasteiger partial charge in [-0.25, -0.2) is 0 Å². The number of rotatable bonds is 2. The third kappa shape index (κ3) is 2.23. The van der Waals surface area contributed by atoms with Crippen LogP contribution in [-0.2, 0) is 6.42 Å². The van der Waals surface area contributed by atoms with Crippen LogP contribution in [-0.4, -0.2) is 0 Å². The summed E-state index contributed by atoms with van der Waals surface area (Å²) in [4.78, 5) is 1.54. The molecule has 0 nitrogen and oxygen atoms in total. The van der Waals surface area contributed by atoms with Crippen molar-refractivity contribution in [3.05, 3.63) is 19.9 Å². The van der Waals surface area contributed by atoms with Gasteiger partial charge in [-0.15, -0.1) is 11.3 Å². The highest BCUT2D eigenvalue weighted by molar-refractivity contribution is 14.1. The minimum absolute atomic E-state index is 0.784. The third-order valence-electron chi connectivity index (χ3n) is 1.28. The van der Waals surface area contributed by atoms with Crippen LogP contribution in [0.15, 0.2) is 11.4 Å². The molecule has 0 fully saturated rings. The van der Waals surface area contributed by atoms with E-state index in [4.69, 9.17) is 0 Å². The average molecular weight is 266 g/mol. The predicted molar refractivity (Wildman–Crippen MR) is 55.6 cm³/mol. The number of hydrogen-bond donors (Lipinski definition) is 0. The van der Waals surface area contributed by atoms with Crippen LogP contribution in [0, 0.1) is 9.49 Å². The Morgan fingerprint density at radius 1 is 1.60 bits per heavy atom. The predicted octanol–water partition coefficient (Wildman–Crippen LogP) is 3.55. The first-order chi connectivity index (χ1) is 4.70. The minimum Gasteiger partial charge on any atom is -0.148 e. The summed E-state index contributed by atoms with van der Waals surface area (Å²) in [5, 5.41) is 2.17. The summed E-state index contributed by atoms with van der Waals surface area (Å²) in [6.45, 7) is 4.52. The van der Waals surface area contributed by atoms with Crippen molar-refractivity contribution in [2.45, 2.75) is 20.3 Å². The maximum Gasteiger partial charge on any atom is 0.0269 e. The molecule has 0 amide bonds. The molecule has 1 rings (SSSR count). The largest absolute Gasteiger partial charge is 0.148 e. The van der Waals surface area contributed by atoms with Crippen molar-refractivity contribution < 1.29 is 0 Å². The van der Waals surface area contributed by atoms with Crippen LogP contribution in [0.4, 0.5) is 0 Å². The van der Waals surface area contributed by atoms with Gasteiger partial charge in [-0.1, -0.05) is 13.8 Å². The summed E-state index contributed by atoms with van der Waals surface area (Å²) in [7, 11) is 0. The fourth-order valence-electron chi connectivity index (χ4n) is 0.842. The molecule has 0 spiro atoms. The third-order valence-corrected chi connectivity index (χ3v) is 3.60. The molecule has 0 aliphatic carbocycles. The van der Waals surface area contributed by atoms with Gasteiger partial charge in [0.25, 0.3) is 0 Å². The van der Waals surface area contributed by atoms with Gasteiger partial charge in [0.05, 0.1) is 0 Å². The molecule has 0 bridgehead atoms. The van der Waals surface area contributed by atoms with Crippen LogP contribution >= 0.6 is 33.9 Å². The molecule has 2 heteroatoms. The fourth-order valence-corrected chi connectivity index (χ4v) is 2.85. The zero-order valence-corrected chi connectivity index (χ0v) is 9.20. The quantitative estimate of drug-likeness (QED) is 0.718. The van der Waals surface area contributed by atoms with Gasteiger partial charge >= 0.3 is 0 Å². The first-order valence-corrected chi connectivity index (χ1v) is 5.38. The molecule has 0 atom stereocenters. The van der Waals surface area contributed by atoms with Gasteiger partial charge in [-0.3, -0.25) is 0 Å². The van der Waals surface area contributed by atoms with Gasteiger partial charge in [0.15, 0.2) is 0 Å². The SMILES string of the molecule is CC(C)Cc1sccc1I. The second-order valence-electron chi connectivity index (χ2n) is 2.79. The van der Waals surface area contributed by atoms with Crippen molar-refractivity contribution in [3.8, 4) is 0 Å². The lowest BCUT2D eigenvalue weighted by atomic mass is 10.1. The molecule has 1 aromatic rings. The molecule has 0 saturated heterocycles. The van der Waals surface area contributed by atoms with Gasteiger partial charge in [-0.05, 0) is 46.4 Å². The van der Waals surface area contributed by atoms with Crippen LogP contribution in [0.25, 0.3) is 0 Å². The Labute approximate surface area is 79.8 Å². The molecule has 0 aliphatic heterocycles. The Hall–Kier alpha value is 0.430. The van der Waals surface area contributed by atoms with Crippen molar-refractivity contribution >= 4 is 33.9 Å². The molecule has 0 aliphatic rings. The second-order valence-corrected chi connectivity index (χ2v) is 4.95. The van der Waals surface area contributed by atoms with Gasteiger partial charge in [0.1, 0.15) is 0 Å². The molecular weight excluding hydrogens is 255 g/mol. The second kappa shape index (κ2) is 3.72. The smallest absolute Gasteiger partial charge is 0.0269 e. The van der Waals surface area contributed by atoms with Gasteiger partial charge in [-0.2, -0.15) is 0 Å². The lowest BCUT2D eigenvalue weighted by molar-refractivity contribution is 0.652. The lowest BCUT2D eigenvalue weighted by Crippen LogP contribution is -1.91. The molecule has 0 N–H and O–H groups in total. The van der Waals surface area contributed by atoms with E-state index in [0.717, 1.165) is 5.92 Å². The monoisotopic (exact) mass is 266 g/mol. The van der Waals surface area contributed by atoms with Crippen LogP contribution < -0.4 is 0 Å². The minimum atomic E-state index is 0.784. The van der Waals surface area contributed by atoms with Gasteiger partial charge in [0, 0.05) is 8.45 Å². The maximum absolute atomic E-state index is 2.40. The van der Waals surface area contributed by atoms with Crippen LogP contribution in [0.1, 0.15) is 18.7 Å². The molecule has 1 aromatic heterocycles. The molecule has 0 aromatic carbocycles. The fraction of sp³-hybridized carbons (Fsp3) is 0.500. The summed E-state index contributed by atoms with van der Waals surface area (Å²) in [6.07, 6.45) is 1.23. The molecule has 1 heterocycles. The van der Waals surface area contributed by atoms with Crippen molar-refractivity contribution in [3.63, 3.8) is 0 Å². The van der Waals surface area contributed by atoms with Crippen LogP contribution in [0.2, 0.25) is 0 Å². The lowest BCUT2D eigenvalue weighted by Gasteiger charge is -2.00. The molecule has 56 valence electrons. The van der Waals surface area contributed by atoms with E-state index in [0.29, 0.717) is 0 Å². The van der Waals surface area contributed by atoms with E-state index in [1.807, 2.05) is 11.3 Å². The average Bonchev–Trinajstić information content (AvgIpc) is 2.15. The Bertz CT molecular complexity index is 203. The van der Waals surface area contributed by atoms with Crippen molar-refractivity contribution in [1.82, 2.24) is 0 Å². The van der Waals surface area contributed by atoms with Crippen LogP contribution in [0.5, 0.6) is 0 Å². The highest BCUT2D eigenvalue weighted by Crippen LogP contribution is 2.21. The Balaban J connectivity index is 2.65. The van der Waals surface area contributed by atoms with Crippen molar-refractivity contribution in [2.75, 3.05) is 0 Å². The summed E-state index contributed by atoms with van der Waals surface area (Å²) < 4.78 is 1.43. The molecule has 0 saturated carbocycles. The summed E-state index contributed by atoms with van der Waals surface area (Å²) in [5.74, 6) is 0.784. The van der Waals surface area contributed by atoms with E-state index in [-0.39, 0.29) is 0 Å². The topological polar surface area (TPSA) is 0 Å². The normalized spacial score (nSPS) is 10.8. The van der Waals surface area contributed by atoms with Crippen LogP contribution in [0.3, 0.4) is 0 Å². The maximum atomic E-state index is 2.40. The summed E-state index contributed by atoms with van der Waals surface area (Å²) in [5.41, 5.74) is 0. The van der Waals surface area contributed by atoms with E-state index >= 15 is 0 Å². The van der Waals surface area contributed by atoms with Crippen molar-refractivity contribution in [1.29, 1.82) is 0 Å². The van der Waals surface area contributed by atoms with Crippen molar-refractivity contribution in [2.24, 2.45) is 5.92 Å². The molecule has 0 radical (unpaired) electrons. The molecule has 10 heavy (non-hydrogen) atoms. The van der Waals surface area contributed by atoms with E-state index in [2.05, 4.69) is 47.9 Å². The van der Waals surface area contributed by atoms with Gasteiger partial charge in [0.2, 0.25) is 0 Å². The molecule has 0 unspecified atom stereocenters. The first kappa shape index (κ1) is 8.53. The highest BCUT2D eigenvalue weighted by Gasteiger charge is 2.02. The number of hydrogen-bond acceptors (Lipinski definition) is 1. The van der Waals surface area contributed by atoms with E-state index in [1.165, 1.54) is 14.9 Å². The zero-order chi connectivity index (χ0) is 7.56. The number of thiophene rings is 1. The van der Waals surface area contributed by atoms with E-state index < -0.39 is 0 Å². The zero-order valence-electron chi connectivity index (χ0n) is 6.23. The molecular formula is C8H11IS. The Morgan fingerprint density at radius 3 is 2.70 bits per heavy atom. The summed E-state index contributed by atoms with van der Waals surface area (Å²) in [6, 6.07) is 2.18. The van der Waals surface area contributed by atoms with E-state index in [9.17, 15) is 0 Å². The summed E-state index contributed by atoms with van der Waals surface area (Å²) >= 11 is 4.27. The first-order valence-electron chi connectivity index (χ1n) is 3.42. The van der Waals surface area contributed by atoms with E-state index in [1.54, 1.807) is 0 Å². The standard InChI is InChI=1S/C8H11IS/c1-6(2)5-8-7(9)3-4-10-8/h3-4,6H,5H2,1-2H3. The van der Waals surface area contributed by atoms with Gasteiger partial charge < -0.3 is 0 Å². The number of halogens is 1. The Kier molecular flexibility index (Phi) is 3.17.